The molecular formula is C18H30O2. The fourth-order valence-electron chi connectivity index (χ4n) is 3.30. The van der Waals surface area contributed by atoms with Gasteiger partial charge in [-0.15, -0.1) is 0 Å². The highest BCUT2D eigenvalue weighted by atomic mass is 16.6. The molecule has 2 rings (SSSR count). The van der Waals surface area contributed by atoms with Crippen LogP contribution in [0.5, 0.6) is 0 Å². The van der Waals surface area contributed by atoms with E-state index in [2.05, 4.69) is 32.9 Å². The molecule has 0 aromatic heterocycles. The first-order chi connectivity index (χ1) is 9.61. The number of hydrogen-bond donors (Lipinski definition) is 1. The zero-order valence-corrected chi connectivity index (χ0v) is 13.3. The Morgan fingerprint density at radius 2 is 1.80 bits per heavy atom. The molecule has 1 heterocycles. The van der Waals surface area contributed by atoms with Crippen molar-refractivity contribution < 1.29 is 9.84 Å². The molecule has 0 radical (unpaired) electrons. The first-order valence-electron chi connectivity index (χ1n) is 8.19. The van der Waals surface area contributed by atoms with Gasteiger partial charge in [-0.3, -0.25) is 0 Å². The summed E-state index contributed by atoms with van der Waals surface area (Å²) in [5.74, 6) is 0.861. The van der Waals surface area contributed by atoms with E-state index >= 15 is 0 Å². The molecular weight excluding hydrogens is 248 g/mol. The minimum Gasteiger partial charge on any atom is -0.396 e. The van der Waals surface area contributed by atoms with E-state index in [1.807, 2.05) is 0 Å². The number of allylic oxidation sites excluding steroid dienone is 4. The molecule has 4 atom stereocenters. The topological polar surface area (TPSA) is 32.8 Å². The highest BCUT2D eigenvalue weighted by Gasteiger charge is 2.45. The monoisotopic (exact) mass is 278 g/mol. The van der Waals surface area contributed by atoms with E-state index in [0.29, 0.717) is 24.0 Å². The lowest BCUT2D eigenvalue weighted by Crippen LogP contribution is -2.23. The lowest BCUT2D eigenvalue weighted by atomic mass is 9.85. The van der Waals surface area contributed by atoms with Gasteiger partial charge in [0.1, 0.15) is 0 Å². The Morgan fingerprint density at radius 1 is 1.10 bits per heavy atom. The van der Waals surface area contributed by atoms with E-state index in [0.717, 1.165) is 32.1 Å². The molecule has 114 valence electrons. The first kappa shape index (κ1) is 15.8. The van der Waals surface area contributed by atoms with Crippen molar-refractivity contribution in [1.82, 2.24) is 0 Å². The second-order valence-corrected chi connectivity index (χ2v) is 6.72. The lowest BCUT2D eigenvalue weighted by Gasteiger charge is -2.20. The summed E-state index contributed by atoms with van der Waals surface area (Å²) in [6, 6.07) is 0. The minimum absolute atomic E-state index is 0.264. The van der Waals surface area contributed by atoms with Gasteiger partial charge in [-0.1, -0.05) is 30.2 Å². The first-order valence-corrected chi connectivity index (χ1v) is 8.19. The summed E-state index contributed by atoms with van der Waals surface area (Å²) in [6.07, 6.45) is 12.3. The summed E-state index contributed by atoms with van der Waals surface area (Å²) in [4.78, 5) is 0. The number of epoxide rings is 1. The molecule has 0 spiro atoms. The predicted octanol–water partition coefficient (Wildman–Crippen LogP) is 4.25. The Kier molecular flexibility index (Phi) is 5.86. The SMILES string of the molecule is C/C1=C\CC[C@H](C)[C@@H](CO)[C@@H]2OC2CC/C(C)=C/CC1. The van der Waals surface area contributed by atoms with Gasteiger partial charge in [0, 0.05) is 12.5 Å². The van der Waals surface area contributed by atoms with Gasteiger partial charge >= 0.3 is 0 Å². The van der Waals surface area contributed by atoms with E-state index in [1.54, 1.807) is 0 Å². The summed E-state index contributed by atoms with van der Waals surface area (Å²) in [7, 11) is 0. The van der Waals surface area contributed by atoms with Crippen molar-refractivity contribution >= 4 is 0 Å². The zero-order chi connectivity index (χ0) is 14.5. The lowest BCUT2D eigenvalue weighted by molar-refractivity contribution is 0.145. The maximum absolute atomic E-state index is 9.66. The van der Waals surface area contributed by atoms with Crippen molar-refractivity contribution in [3.8, 4) is 0 Å². The van der Waals surface area contributed by atoms with Crippen LogP contribution in [-0.2, 0) is 4.74 Å². The zero-order valence-electron chi connectivity index (χ0n) is 13.3. The normalized spacial score (nSPS) is 41.6. The van der Waals surface area contributed by atoms with Gasteiger partial charge in [0.05, 0.1) is 12.2 Å². The van der Waals surface area contributed by atoms with Gasteiger partial charge in [0.15, 0.2) is 0 Å². The van der Waals surface area contributed by atoms with Crippen LogP contribution in [0.2, 0.25) is 0 Å². The van der Waals surface area contributed by atoms with Crippen LogP contribution in [0, 0.1) is 11.8 Å². The van der Waals surface area contributed by atoms with Gasteiger partial charge < -0.3 is 9.84 Å². The van der Waals surface area contributed by atoms with Crippen LogP contribution >= 0.6 is 0 Å². The van der Waals surface area contributed by atoms with Crippen LogP contribution in [0.4, 0.5) is 0 Å². The standard InChI is InChI=1S/C18H30O2/c1-13-6-4-7-14(2)10-11-17-18(20-17)16(12-19)15(3)9-5-8-13/h7-8,15-19H,4-6,9-12H2,1-3H3/b13-8+,14-7+/t15-,16+,17?,18-/m0/s1. The van der Waals surface area contributed by atoms with Crippen molar-refractivity contribution in [2.45, 2.75) is 71.5 Å². The Morgan fingerprint density at radius 3 is 2.55 bits per heavy atom. The minimum atomic E-state index is 0.264. The number of hydrogen-bond acceptors (Lipinski definition) is 2. The third kappa shape index (κ3) is 4.46. The second-order valence-electron chi connectivity index (χ2n) is 6.72. The van der Waals surface area contributed by atoms with Gasteiger partial charge in [0.25, 0.3) is 0 Å². The van der Waals surface area contributed by atoms with Gasteiger partial charge in [0.2, 0.25) is 0 Å². The summed E-state index contributed by atoms with van der Waals surface area (Å²) < 4.78 is 5.83. The van der Waals surface area contributed by atoms with Crippen LogP contribution in [0.3, 0.4) is 0 Å². The maximum Gasteiger partial charge on any atom is 0.0894 e. The van der Waals surface area contributed by atoms with Crippen LogP contribution in [-0.4, -0.2) is 23.9 Å². The summed E-state index contributed by atoms with van der Waals surface area (Å²) in [5, 5.41) is 9.66. The van der Waals surface area contributed by atoms with Crippen molar-refractivity contribution in [2.24, 2.45) is 11.8 Å². The summed E-state index contributed by atoms with van der Waals surface area (Å²) in [5.41, 5.74) is 2.98. The summed E-state index contributed by atoms with van der Waals surface area (Å²) in [6.45, 7) is 7.00. The molecule has 1 aliphatic heterocycles. The molecule has 1 unspecified atom stereocenters. The second kappa shape index (κ2) is 7.42. The van der Waals surface area contributed by atoms with Crippen molar-refractivity contribution in [3.05, 3.63) is 23.3 Å². The molecule has 1 N–H and O–H groups in total. The van der Waals surface area contributed by atoms with Crippen molar-refractivity contribution in [3.63, 3.8) is 0 Å². The smallest absolute Gasteiger partial charge is 0.0894 e. The Labute approximate surface area is 123 Å². The molecule has 1 fully saturated rings. The van der Waals surface area contributed by atoms with Crippen LogP contribution in [0.1, 0.15) is 59.3 Å². The molecule has 20 heavy (non-hydrogen) atoms. The highest BCUT2D eigenvalue weighted by Crippen LogP contribution is 2.38. The average molecular weight is 278 g/mol. The molecule has 0 amide bonds. The number of rotatable bonds is 1. The molecule has 2 aliphatic rings. The fourth-order valence-corrected chi connectivity index (χ4v) is 3.30. The number of aliphatic hydroxyl groups excluding tert-OH is 1. The number of aliphatic hydroxyl groups is 1. The van der Waals surface area contributed by atoms with Gasteiger partial charge in [-0.2, -0.15) is 0 Å². The van der Waals surface area contributed by atoms with Crippen LogP contribution in [0.25, 0.3) is 0 Å². The molecule has 1 saturated heterocycles. The predicted molar refractivity (Wildman–Crippen MR) is 83.6 cm³/mol. The highest BCUT2D eigenvalue weighted by molar-refractivity contribution is 5.05. The molecule has 2 heteroatoms. The molecule has 0 saturated carbocycles. The fraction of sp³-hybridized carbons (Fsp3) is 0.778. The molecule has 0 aromatic rings. The number of fused-ring (bicyclic) bond motifs is 1. The van der Waals surface area contributed by atoms with Gasteiger partial charge in [-0.05, 0) is 58.3 Å². The van der Waals surface area contributed by atoms with E-state index in [1.165, 1.54) is 17.6 Å². The van der Waals surface area contributed by atoms with E-state index in [9.17, 15) is 5.11 Å². The van der Waals surface area contributed by atoms with Crippen LogP contribution < -0.4 is 0 Å². The molecule has 0 aromatic carbocycles. The Bertz CT molecular complexity index is 370. The van der Waals surface area contributed by atoms with Gasteiger partial charge in [-0.25, -0.2) is 0 Å². The Hall–Kier alpha value is -0.600. The van der Waals surface area contributed by atoms with E-state index in [4.69, 9.17) is 4.74 Å². The Balaban J connectivity index is 2.00. The maximum atomic E-state index is 9.66. The van der Waals surface area contributed by atoms with E-state index in [-0.39, 0.29) is 6.61 Å². The third-order valence-corrected chi connectivity index (χ3v) is 4.95. The van der Waals surface area contributed by atoms with Crippen LogP contribution in [0.15, 0.2) is 23.3 Å². The molecule has 1 aliphatic carbocycles. The van der Waals surface area contributed by atoms with Crippen molar-refractivity contribution in [1.29, 1.82) is 0 Å². The quantitative estimate of drug-likeness (QED) is 0.574. The summed E-state index contributed by atoms with van der Waals surface area (Å²) >= 11 is 0. The third-order valence-electron chi connectivity index (χ3n) is 4.95. The largest absolute Gasteiger partial charge is 0.396 e. The number of ether oxygens (including phenoxy) is 1. The van der Waals surface area contributed by atoms with E-state index < -0.39 is 0 Å². The average Bonchev–Trinajstić information content (AvgIpc) is 3.16. The molecule has 0 bridgehead atoms. The molecule has 2 nitrogen and oxygen atoms in total. The van der Waals surface area contributed by atoms with Crippen molar-refractivity contribution in [2.75, 3.05) is 6.61 Å².